The van der Waals surface area contributed by atoms with E-state index in [4.69, 9.17) is 0 Å². The van der Waals surface area contributed by atoms with Gasteiger partial charge >= 0.3 is 0 Å². The Morgan fingerprint density at radius 3 is 2.33 bits per heavy atom. The van der Waals surface area contributed by atoms with Crippen LogP contribution in [0.25, 0.3) is 10.9 Å². The van der Waals surface area contributed by atoms with Gasteiger partial charge in [-0.1, -0.05) is 60.3 Å². The third-order valence-electron chi connectivity index (χ3n) is 3.67. The topological polar surface area (TPSA) is 40.5 Å². The first kappa shape index (κ1) is 14.7. The molecule has 0 aliphatic carbocycles. The van der Waals surface area contributed by atoms with E-state index in [1.165, 1.54) is 10.3 Å². The van der Waals surface area contributed by atoms with Crippen LogP contribution in [0, 0.1) is 0 Å². The number of para-hydroxylation sites is 1. The second-order valence-electron chi connectivity index (χ2n) is 5.30. The fraction of sp³-hybridized carbons (Fsp3) is 0. The maximum Gasteiger partial charge on any atom is 0.0996 e. The van der Waals surface area contributed by atoms with Gasteiger partial charge in [0.1, 0.15) is 0 Å². The molecule has 0 unspecified atom stereocenters. The highest BCUT2D eigenvalue weighted by atomic mass is 32.2. The Hall–Kier alpha value is -2.85. The Balaban J connectivity index is 1.66. The number of hydrogen-bond donors (Lipinski definition) is 1. The van der Waals surface area contributed by atoms with E-state index in [1.54, 1.807) is 11.8 Å². The lowest BCUT2D eigenvalue weighted by atomic mass is 10.2. The summed E-state index contributed by atoms with van der Waals surface area (Å²) in [7, 11) is 0. The molecule has 0 saturated heterocycles. The Bertz CT molecular complexity index is 990. The van der Waals surface area contributed by atoms with Gasteiger partial charge < -0.3 is 4.98 Å². The van der Waals surface area contributed by atoms with Crippen molar-refractivity contribution < 1.29 is 0 Å². The van der Waals surface area contributed by atoms with Crippen molar-refractivity contribution in [1.82, 2.24) is 4.98 Å². The molecule has 0 saturated carbocycles. The predicted molar refractivity (Wildman–Crippen MR) is 99.5 cm³/mol. The smallest absolute Gasteiger partial charge is 0.0996 e. The first-order valence-corrected chi connectivity index (χ1v) is 8.51. The highest BCUT2D eigenvalue weighted by Gasteiger charge is 2.08. The van der Waals surface area contributed by atoms with Gasteiger partial charge in [-0.25, -0.2) is 0 Å². The van der Waals surface area contributed by atoms with Crippen LogP contribution in [-0.4, -0.2) is 4.98 Å². The van der Waals surface area contributed by atoms with Crippen LogP contribution in [0.2, 0.25) is 0 Å². The van der Waals surface area contributed by atoms with E-state index in [0.717, 1.165) is 21.8 Å². The zero-order chi connectivity index (χ0) is 16.2. The molecule has 3 aromatic carbocycles. The fourth-order valence-electron chi connectivity index (χ4n) is 2.48. The third kappa shape index (κ3) is 3.09. The number of aromatic nitrogens is 1. The second-order valence-corrected chi connectivity index (χ2v) is 6.39. The molecule has 4 aromatic rings. The van der Waals surface area contributed by atoms with E-state index < -0.39 is 0 Å². The summed E-state index contributed by atoms with van der Waals surface area (Å²) in [4.78, 5) is 5.58. The number of aromatic amines is 1. The van der Waals surface area contributed by atoms with Crippen molar-refractivity contribution >= 4 is 34.0 Å². The molecule has 4 rings (SSSR count). The van der Waals surface area contributed by atoms with E-state index in [2.05, 4.69) is 39.5 Å². The fourth-order valence-corrected chi connectivity index (χ4v) is 3.48. The molecule has 0 aliphatic heterocycles. The number of nitrogens with zero attached hydrogens (tertiary/aromatic N) is 2. The quantitative estimate of drug-likeness (QED) is 0.414. The van der Waals surface area contributed by atoms with Crippen LogP contribution < -0.4 is 0 Å². The number of hydrogen-bond acceptors (Lipinski definition) is 3. The number of benzene rings is 3. The summed E-state index contributed by atoms with van der Waals surface area (Å²) in [6.45, 7) is 0. The number of H-pyrrole nitrogens is 1. The minimum absolute atomic E-state index is 0.851. The summed E-state index contributed by atoms with van der Waals surface area (Å²) in [5.41, 5.74) is 2.87. The van der Waals surface area contributed by atoms with Gasteiger partial charge in [0.25, 0.3) is 0 Å². The van der Waals surface area contributed by atoms with Crippen molar-refractivity contribution in [2.24, 2.45) is 10.2 Å². The Morgan fingerprint density at radius 2 is 1.42 bits per heavy atom. The monoisotopic (exact) mass is 329 g/mol. The summed E-state index contributed by atoms with van der Waals surface area (Å²) in [6, 6.07) is 26.2. The number of nitrogens with one attached hydrogen (secondary N) is 1. The van der Waals surface area contributed by atoms with E-state index in [1.807, 2.05) is 60.8 Å². The maximum atomic E-state index is 4.43. The lowest BCUT2D eigenvalue weighted by molar-refractivity contribution is 1.19. The van der Waals surface area contributed by atoms with Crippen molar-refractivity contribution in [3.8, 4) is 0 Å². The lowest BCUT2D eigenvalue weighted by Gasteiger charge is -2.03. The number of rotatable bonds is 4. The first-order valence-electron chi connectivity index (χ1n) is 7.70. The summed E-state index contributed by atoms with van der Waals surface area (Å²) in [5, 5.41) is 9.98. The van der Waals surface area contributed by atoms with Crippen LogP contribution in [0.4, 0.5) is 11.4 Å². The first-order chi connectivity index (χ1) is 11.9. The summed E-state index contributed by atoms with van der Waals surface area (Å²) in [6.07, 6.45) is 2.04. The van der Waals surface area contributed by atoms with Crippen molar-refractivity contribution in [2.45, 2.75) is 9.79 Å². The van der Waals surface area contributed by atoms with E-state index in [9.17, 15) is 0 Å². The second kappa shape index (κ2) is 6.72. The van der Waals surface area contributed by atoms with E-state index in [0.29, 0.717) is 0 Å². The molecule has 1 N–H and O–H groups in total. The molecular weight excluding hydrogens is 314 g/mol. The van der Waals surface area contributed by atoms with Crippen LogP contribution in [0.15, 0.2) is 105 Å². The Labute approximate surface area is 144 Å². The van der Waals surface area contributed by atoms with Crippen molar-refractivity contribution in [2.75, 3.05) is 0 Å². The van der Waals surface area contributed by atoms with Crippen molar-refractivity contribution in [3.05, 3.63) is 85.1 Å². The largest absolute Gasteiger partial charge is 0.360 e. The summed E-state index contributed by atoms with van der Waals surface area (Å²) < 4.78 is 0. The van der Waals surface area contributed by atoms with Gasteiger partial charge in [-0.15, -0.1) is 5.11 Å². The molecule has 4 heteroatoms. The molecule has 0 atom stereocenters. The van der Waals surface area contributed by atoms with Gasteiger partial charge in [-0.3, -0.25) is 0 Å². The third-order valence-corrected chi connectivity index (χ3v) is 4.79. The Morgan fingerprint density at radius 1 is 0.667 bits per heavy atom. The minimum atomic E-state index is 0.851. The normalized spacial score (nSPS) is 11.3. The maximum absolute atomic E-state index is 4.43. The molecule has 0 bridgehead atoms. The zero-order valence-electron chi connectivity index (χ0n) is 12.9. The predicted octanol–water partition coefficient (Wildman–Crippen LogP) is 6.73. The molecular formula is C20H15N3S. The lowest BCUT2D eigenvalue weighted by Crippen LogP contribution is -1.74. The van der Waals surface area contributed by atoms with Gasteiger partial charge in [-0.05, 0) is 30.3 Å². The average molecular weight is 329 g/mol. The molecule has 1 heterocycles. The van der Waals surface area contributed by atoms with Gasteiger partial charge in [0.2, 0.25) is 0 Å². The van der Waals surface area contributed by atoms with Crippen LogP contribution in [0.1, 0.15) is 0 Å². The Kier molecular flexibility index (Phi) is 4.13. The number of azo groups is 1. The molecule has 24 heavy (non-hydrogen) atoms. The van der Waals surface area contributed by atoms with Crippen LogP contribution in [-0.2, 0) is 0 Å². The van der Waals surface area contributed by atoms with Crippen molar-refractivity contribution in [1.29, 1.82) is 0 Å². The van der Waals surface area contributed by atoms with Crippen molar-refractivity contribution in [3.63, 3.8) is 0 Å². The van der Waals surface area contributed by atoms with Gasteiger partial charge in [-0.2, -0.15) is 5.11 Å². The summed E-state index contributed by atoms with van der Waals surface area (Å²) >= 11 is 1.70. The zero-order valence-corrected chi connectivity index (χ0v) is 13.7. The number of fused-ring (bicyclic) bond motifs is 1. The highest BCUT2D eigenvalue weighted by molar-refractivity contribution is 7.99. The standard InChI is InChI=1S/C20H15N3S/c1-2-8-15(9-3-1)22-23-18-12-6-7-13-19(18)24-20-14-21-17-11-5-4-10-16(17)20/h1-14,21H. The molecule has 3 nitrogen and oxygen atoms in total. The molecule has 0 spiro atoms. The molecule has 116 valence electrons. The minimum Gasteiger partial charge on any atom is -0.360 e. The molecule has 0 radical (unpaired) electrons. The SMILES string of the molecule is c1ccc(N=Nc2ccccc2Sc2c[nH]c3ccccc23)cc1. The summed E-state index contributed by atoms with van der Waals surface area (Å²) in [5.74, 6) is 0. The van der Waals surface area contributed by atoms with Crippen LogP contribution >= 0.6 is 11.8 Å². The van der Waals surface area contributed by atoms with Gasteiger partial charge in [0, 0.05) is 26.9 Å². The van der Waals surface area contributed by atoms with Crippen LogP contribution in [0.5, 0.6) is 0 Å². The van der Waals surface area contributed by atoms with Gasteiger partial charge in [0.15, 0.2) is 0 Å². The van der Waals surface area contributed by atoms with E-state index >= 15 is 0 Å². The molecule has 0 amide bonds. The van der Waals surface area contributed by atoms with Gasteiger partial charge in [0.05, 0.1) is 11.4 Å². The average Bonchev–Trinajstić information content (AvgIpc) is 3.05. The van der Waals surface area contributed by atoms with E-state index in [-0.39, 0.29) is 0 Å². The molecule has 0 fully saturated rings. The van der Waals surface area contributed by atoms with Crippen LogP contribution in [0.3, 0.4) is 0 Å². The molecule has 1 aromatic heterocycles. The highest BCUT2D eigenvalue weighted by Crippen LogP contribution is 2.38. The molecule has 0 aliphatic rings.